The van der Waals surface area contributed by atoms with Crippen LogP contribution in [0.2, 0.25) is 5.02 Å². The van der Waals surface area contributed by atoms with E-state index in [-0.39, 0.29) is 6.54 Å². The Hall–Kier alpha value is -2.11. The van der Waals surface area contributed by atoms with Crippen molar-refractivity contribution in [3.8, 4) is 12.3 Å². The van der Waals surface area contributed by atoms with E-state index in [9.17, 15) is 9.90 Å². The second kappa shape index (κ2) is 8.32. The Morgan fingerprint density at radius 2 is 2.16 bits per heavy atom. The van der Waals surface area contributed by atoms with Crippen LogP contribution in [-0.2, 0) is 5.41 Å². The molecule has 0 fully saturated rings. The standard InChI is InChI=1S/C17H18ClN3O3S/c1-3-17(2,11-4-6-12(18)7-5-11)14-10-25-16(20-14)21-15(24)19-8-13(23)9-22/h1,4-7,10,13,22-23H,8-9H2,2H3,(H2,19,20,21,24)/t13-,17?/m0/s1. The van der Waals surface area contributed by atoms with Crippen molar-refractivity contribution in [1.29, 1.82) is 0 Å². The van der Waals surface area contributed by atoms with Gasteiger partial charge in [-0.1, -0.05) is 29.7 Å². The molecule has 0 saturated carbocycles. The number of aliphatic hydroxyl groups excluding tert-OH is 2. The molecule has 0 bridgehead atoms. The number of hydrogen-bond acceptors (Lipinski definition) is 5. The molecule has 4 N–H and O–H groups in total. The Morgan fingerprint density at radius 3 is 2.76 bits per heavy atom. The van der Waals surface area contributed by atoms with E-state index in [2.05, 4.69) is 21.5 Å². The summed E-state index contributed by atoms with van der Waals surface area (Å²) in [5, 5.41) is 25.7. The third kappa shape index (κ3) is 4.71. The Labute approximate surface area is 154 Å². The number of carbonyl (C=O) groups is 1. The van der Waals surface area contributed by atoms with Gasteiger partial charge in [0.1, 0.15) is 0 Å². The smallest absolute Gasteiger partial charge is 0.321 e. The summed E-state index contributed by atoms with van der Waals surface area (Å²) < 4.78 is 0. The highest BCUT2D eigenvalue weighted by Gasteiger charge is 2.29. The molecule has 6 nitrogen and oxygen atoms in total. The van der Waals surface area contributed by atoms with Crippen LogP contribution in [0, 0.1) is 12.3 Å². The second-order valence-electron chi connectivity index (χ2n) is 5.49. The number of thiazole rings is 1. The van der Waals surface area contributed by atoms with Gasteiger partial charge in [-0.2, -0.15) is 0 Å². The van der Waals surface area contributed by atoms with E-state index < -0.39 is 24.2 Å². The minimum Gasteiger partial charge on any atom is -0.394 e. The molecule has 1 heterocycles. The maximum Gasteiger partial charge on any atom is 0.321 e. The Bertz CT molecular complexity index is 772. The molecule has 132 valence electrons. The van der Waals surface area contributed by atoms with Gasteiger partial charge in [0.25, 0.3) is 0 Å². The highest BCUT2D eigenvalue weighted by molar-refractivity contribution is 7.14. The summed E-state index contributed by atoms with van der Waals surface area (Å²) in [4.78, 5) is 16.2. The van der Waals surface area contributed by atoms with Crippen LogP contribution < -0.4 is 10.6 Å². The van der Waals surface area contributed by atoms with Gasteiger partial charge in [0.2, 0.25) is 0 Å². The van der Waals surface area contributed by atoms with Crippen molar-refractivity contribution < 1.29 is 15.0 Å². The van der Waals surface area contributed by atoms with Crippen LogP contribution >= 0.6 is 22.9 Å². The molecular weight excluding hydrogens is 362 g/mol. The summed E-state index contributed by atoms with van der Waals surface area (Å²) >= 11 is 7.16. The van der Waals surface area contributed by atoms with Gasteiger partial charge in [-0.25, -0.2) is 9.78 Å². The van der Waals surface area contributed by atoms with Gasteiger partial charge < -0.3 is 15.5 Å². The Kier molecular flexibility index (Phi) is 6.39. The number of aliphatic hydroxyl groups is 2. The highest BCUT2D eigenvalue weighted by atomic mass is 35.5. The number of anilines is 1. The zero-order valence-corrected chi connectivity index (χ0v) is 15.1. The fourth-order valence-corrected chi connectivity index (χ4v) is 3.01. The molecule has 0 aliphatic carbocycles. The number of benzene rings is 1. The normalized spacial score (nSPS) is 14.2. The molecule has 0 saturated heterocycles. The van der Waals surface area contributed by atoms with Crippen LogP contribution in [0.4, 0.5) is 9.93 Å². The minimum atomic E-state index is -1.01. The molecule has 1 unspecified atom stereocenters. The maximum atomic E-state index is 11.8. The quantitative estimate of drug-likeness (QED) is 0.579. The molecule has 8 heteroatoms. The second-order valence-corrected chi connectivity index (χ2v) is 6.78. The van der Waals surface area contributed by atoms with E-state index in [1.54, 1.807) is 17.5 Å². The Morgan fingerprint density at radius 1 is 1.48 bits per heavy atom. The molecule has 0 radical (unpaired) electrons. The third-order valence-electron chi connectivity index (χ3n) is 3.66. The minimum absolute atomic E-state index is 0.0621. The largest absolute Gasteiger partial charge is 0.394 e. The average Bonchev–Trinajstić information content (AvgIpc) is 3.08. The van der Waals surface area contributed by atoms with Crippen LogP contribution in [0.3, 0.4) is 0 Å². The molecule has 2 rings (SSSR count). The van der Waals surface area contributed by atoms with Crippen molar-refractivity contribution >= 4 is 34.1 Å². The zero-order valence-electron chi connectivity index (χ0n) is 13.5. The zero-order chi connectivity index (χ0) is 18.4. The van der Waals surface area contributed by atoms with Crippen molar-refractivity contribution in [2.24, 2.45) is 0 Å². The summed E-state index contributed by atoms with van der Waals surface area (Å²) in [7, 11) is 0. The SMILES string of the molecule is C#CC(C)(c1ccc(Cl)cc1)c1csc(NC(=O)NC[C@H](O)CO)n1. The predicted octanol–water partition coefficient (Wildman–Crippen LogP) is 2.21. The van der Waals surface area contributed by atoms with E-state index in [0.29, 0.717) is 15.8 Å². The van der Waals surface area contributed by atoms with Gasteiger partial charge >= 0.3 is 6.03 Å². The van der Waals surface area contributed by atoms with Crippen molar-refractivity contribution in [2.75, 3.05) is 18.5 Å². The predicted molar refractivity (Wildman–Crippen MR) is 99.0 cm³/mol. The van der Waals surface area contributed by atoms with Crippen LogP contribution in [-0.4, -0.2) is 40.5 Å². The molecule has 2 aromatic rings. The van der Waals surface area contributed by atoms with E-state index >= 15 is 0 Å². The molecule has 0 aliphatic rings. The lowest BCUT2D eigenvalue weighted by Crippen LogP contribution is -2.36. The van der Waals surface area contributed by atoms with Crippen LogP contribution in [0.5, 0.6) is 0 Å². The first-order chi connectivity index (χ1) is 11.9. The lowest BCUT2D eigenvalue weighted by Gasteiger charge is -2.22. The molecule has 25 heavy (non-hydrogen) atoms. The summed E-state index contributed by atoms with van der Waals surface area (Å²) in [5.41, 5.74) is 0.740. The van der Waals surface area contributed by atoms with Gasteiger partial charge in [-0.15, -0.1) is 17.8 Å². The average molecular weight is 380 g/mol. The Balaban J connectivity index is 2.12. The van der Waals surface area contributed by atoms with E-state index in [1.165, 1.54) is 11.3 Å². The molecule has 1 aromatic heterocycles. The lowest BCUT2D eigenvalue weighted by molar-refractivity contribution is 0.0965. The van der Waals surface area contributed by atoms with Crippen LogP contribution in [0.1, 0.15) is 18.2 Å². The van der Waals surface area contributed by atoms with Crippen LogP contribution in [0.25, 0.3) is 0 Å². The number of urea groups is 1. The molecular formula is C17H18ClN3O3S. The first-order valence-corrected chi connectivity index (χ1v) is 8.68. The fourth-order valence-electron chi connectivity index (χ4n) is 2.07. The van der Waals surface area contributed by atoms with E-state index in [0.717, 1.165) is 5.56 Å². The lowest BCUT2D eigenvalue weighted by atomic mass is 9.81. The summed E-state index contributed by atoms with van der Waals surface area (Å²) in [5.74, 6) is 2.76. The van der Waals surface area contributed by atoms with Gasteiger partial charge in [0, 0.05) is 16.9 Å². The number of nitrogens with zero attached hydrogens (tertiary/aromatic N) is 1. The molecule has 2 atom stereocenters. The fraction of sp³-hybridized carbons (Fsp3) is 0.294. The van der Waals surface area contributed by atoms with E-state index in [4.69, 9.17) is 23.1 Å². The number of terminal acetylenes is 1. The number of amides is 2. The monoisotopic (exact) mass is 379 g/mol. The molecule has 1 aromatic carbocycles. The van der Waals surface area contributed by atoms with Crippen molar-refractivity contribution in [1.82, 2.24) is 10.3 Å². The number of aromatic nitrogens is 1. The molecule has 0 spiro atoms. The van der Waals surface area contributed by atoms with Crippen molar-refractivity contribution in [3.63, 3.8) is 0 Å². The van der Waals surface area contributed by atoms with Gasteiger partial charge in [0.15, 0.2) is 5.13 Å². The summed E-state index contributed by atoms with van der Waals surface area (Å²) in [6.07, 6.45) is 4.74. The summed E-state index contributed by atoms with van der Waals surface area (Å²) in [6, 6.07) is 6.69. The maximum absolute atomic E-state index is 11.8. The van der Waals surface area contributed by atoms with Gasteiger partial charge in [0.05, 0.1) is 23.8 Å². The number of hydrogen-bond donors (Lipinski definition) is 4. The third-order valence-corrected chi connectivity index (χ3v) is 4.67. The van der Waals surface area contributed by atoms with Crippen molar-refractivity contribution in [2.45, 2.75) is 18.4 Å². The molecule has 2 amide bonds. The van der Waals surface area contributed by atoms with Crippen molar-refractivity contribution in [3.05, 3.63) is 45.9 Å². The number of rotatable bonds is 6. The first kappa shape index (κ1) is 19.2. The topological polar surface area (TPSA) is 94.5 Å². The number of carbonyl (C=O) groups excluding carboxylic acids is 1. The highest BCUT2D eigenvalue weighted by Crippen LogP contribution is 2.33. The van der Waals surface area contributed by atoms with Gasteiger partial charge in [-0.05, 0) is 24.6 Å². The van der Waals surface area contributed by atoms with E-state index in [1.807, 2.05) is 19.1 Å². The molecule has 0 aliphatic heterocycles. The number of halogens is 1. The first-order valence-electron chi connectivity index (χ1n) is 7.42. The summed E-state index contributed by atoms with van der Waals surface area (Å²) in [6.45, 7) is 1.38. The van der Waals surface area contributed by atoms with Gasteiger partial charge in [-0.3, -0.25) is 5.32 Å². The van der Waals surface area contributed by atoms with Crippen LogP contribution in [0.15, 0.2) is 29.6 Å². The number of nitrogens with one attached hydrogen (secondary N) is 2.